The highest BCUT2D eigenvalue weighted by molar-refractivity contribution is 9.09. The Labute approximate surface area is 131 Å². The van der Waals surface area contributed by atoms with Crippen molar-refractivity contribution in [3.63, 3.8) is 0 Å². The van der Waals surface area contributed by atoms with Crippen molar-refractivity contribution in [2.75, 3.05) is 6.54 Å². The third kappa shape index (κ3) is 3.16. The van der Waals surface area contributed by atoms with E-state index >= 15 is 0 Å². The molecule has 3 rings (SSSR count). The monoisotopic (exact) mass is 347 g/mol. The summed E-state index contributed by atoms with van der Waals surface area (Å²) in [6.07, 6.45) is 1.55. The quantitative estimate of drug-likeness (QED) is 0.841. The van der Waals surface area contributed by atoms with Gasteiger partial charge in [0.05, 0.1) is 0 Å². The zero-order valence-corrected chi connectivity index (χ0v) is 13.0. The molecule has 1 amide bonds. The second kappa shape index (κ2) is 5.98. The van der Waals surface area contributed by atoms with E-state index in [1.54, 1.807) is 12.1 Å². The zero-order chi connectivity index (χ0) is 14.8. The summed E-state index contributed by atoms with van der Waals surface area (Å²) in [6.45, 7) is 0.701. The molecule has 2 aromatic rings. The molecule has 0 aliphatic carbocycles. The average molecular weight is 348 g/mol. The van der Waals surface area contributed by atoms with Gasteiger partial charge in [0.15, 0.2) is 0 Å². The smallest absolute Gasteiger partial charge is 0.251 e. The lowest BCUT2D eigenvalue weighted by molar-refractivity contribution is 0.0946. The molecule has 2 nitrogen and oxygen atoms in total. The first-order valence-corrected chi connectivity index (χ1v) is 7.84. The van der Waals surface area contributed by atoms with Gasteiger partial charge in [-0.15, -0.1) is 0 Å². The number of hydrogen-bond donors (Lipinski definition) is 1. The predicted molar refractivity (Wildman–Crippen MR) is 84.3 cm³/mol. The van der Waals surface area contributed by atoms with Gasteiger partial charge in [0.2, 0.25) is 0 Å². The molecule has 1 atom stereocenters. The van der Waals surface area contributed by atoms with Crippen LogP contribution in [0.15, 0.2) is 42.5 Å². The van der Waals surface area contributed by atoms with Gasteiger partial charge in [-0.2, -0.15) is 0 Å². The standard InChI is InChI=1S/C17H15BrFNO/c18-16(9-11-2-1-3-14(19)8-11)13-5-4-12-6-7-20-17(21)15(12)10-13/h1-5,8,10,16H,6-7,9H2,(H,20,21). The number of amides is 1. The van der Waals surface area contributed by atoms with Crippen molar-refractivity contribution >= 4 is 21.8 Å². The van der Waals surface area contributed by atoms with Crippen LogP contribution in [0.25, 0.3) is 0 Å². The first-order chi connectivity index (χ1) is 10.1. The summed E-state index contributed by atoms with van der Waals surface area (Å²) in [4.78, 5) is 11.9. The Morgan fingerprint density at radius 1 is 1.24 bits per heavy atom. The number of alkyl halides is 1. The molecule has 1 unspecified atom stereocenters. The molecule has 1 N–H and O–H groups in total. The molecule has 0 spiro atoms. The van der Waals surface area contributed by atoms with Gasteiger partial charge in [0.1, 0.15) is 5.82 Å². The number of hydrogen-bond acceptors (Lipinski definition) is 1. The molecular formula is C17H15BrFNO. The van der Waals surface area contributed by atoms with Crippen molar-refractivity contribution in [1.82, 2.24) is 5.32 Å². The van der Waals surface area contributed by atoms with E-state index in [4.69, 9.17) is 0 Å². The molecule has 0 saturated carbocycles. The highest BCUT2D eigenvalue weighted by Crippen LogP contribution is 2.29. The van der Waals surface area contributed by atoms with Crippen LogP contribution in [0.5, 0.6) is 0 Å². The van der Waals surface area contributed by atoms with Gasteiger partial charge in [-0.3, -0.25) is 4.79 Å². The van der Waals surface area contributed by atoms with Crippen LogP contribution in [-0.2, 0) is 12.8 Å². The summed E-state index contributed by atoms with van der Waals surface area (Å²) in [7, 11) is 0. The van der Waals surface area contributed by atoms with Gasteiger partial charge in [-0.25, -0.2) is 4.39 Å². The fraction of sp³-hybridized carbons (Fsp3) is 0.235. The number of fused-ring (bicyclic) bond motifs is 1. The molecule has 1 aliphatic heterocycles. The number of nitrogens with one attached hydrogen (secondary N) is 1. The van der Waals surface area contributed by atoms with E-state index in [1.807, 2.05) is 24.3 Å². The number of carbonyl (C=O) groups excluding carboxylic acids is 1. The van der Waals surface area contributed by atoms with Crippen molar-refractivity contribution in [2.24, 2.45) is 0 Å². The molecule has 0 aromatic heterocycles. The lowest BCUT2D eigenvalue weighted by Gasteiger charge is -2.19. The van der Waals surface area contributed by atoms with Gasteiger partial charge in [-0.1, -0.05) is 40.2 Å². The Morgan fingerprint density at radius 3 is 2.90 bits per heavy atom. The summed E-state index contributed by atoms with van der Waals surface area (Å²) in [5, 5.41) is 2.86. The highest BCUT2D eigenvalue weighted by Gasteiger charge is 2.18. The van der Waals surface area contributed by atoms with Crippen LogP contribution in [0, 0.1) is 5.82 Å². The molecule has 0 bridgehead atoms. The van der Waals surface area contributed by atoms with E-state index in [0.29, 0.717) is 13.0 Å². The Bertz CT molecular complexity index is 686. The van der Waals surface area contributed by atoms with E-state index in [2.05, 4.69) is 21.2 Å². The third-order valence-electron chi connectivity index (χ3n) is 3.72. The number of carbonyl (C=O) groups is 1. The summed E-state index contributed by atoms with van der Waals surface area (Å²) < 4.78 is 13.2. The van der Waals surface area contributed by atoms with E-state index in [-0.39, 0.29) is 16.6 Å². The third-order valence-corrected chi connectivity index (χ3v) is 4.58. The molecule has 21 heavy (non-hydrogen) atoms. The molecule has 4 heteroatoms. The van der Waals surface area contributed by atoms with Crippen molar-refractivity contribution in [2.45, 2.75) is 17.7 Å². The molecule has 2 aromatic carbocycles. The lowest BCUT2D eigenvalue weighted by Crippen LogP contribution is -2.31. The molecule has 0 radical (unpaired) electrons. The maximum absolute atomic E-state index is 13.2. The van der Waals surface area contributed by atoms with Crippen LogP contribution in [0.2, 0.25) is 0 Å². The number of halogens is 2. The zero-order valence-electron chi connectivity index (χ0n) is 11.4. The minimum absolute atomic E-state index is 0.0106. The van der Waals surface area contributed by atoms with Crippen LogP contribution in [-0.4, -0.2) is 12.5 Å². The Morgan fingerprint density at radius 2 is 2.10 bits per heavy atom. The molecule has 108 valence electrons. The second-order valence-corrected chi connectivity index (χ2v) is 6.33. The molecule has 1 aliphatic rings. The summed E-state index contributed by atoms with van der Waals surface area (Å²) >= 11 is 3.64. The second-order valence-electron chi connectivity index (χ2n) is 5.22. The van der Waals surface area contributed by atoms with Crippen molar-refractivity contribution < 1.29 is 9.18 Å². The fourth-order valence-corrected chi connectivity index (χ4v) is 3.27. The van der Waals surface area contributed by atoms with Crippen molar-refractivity contribution in [3.8, 4) is 0 Å². The van der Waals surface area contributed by atoms with Gasteiger partial charge in [-0.05, 0) is 47.7 Å². The SMILES string of the molecule is O=C1NCCc2ccc(C(Br)Cc3cccc(F)c3)cc21. The first kappa shape index (κ1) is 14.3. The van der Waals surface area contributed by atoms with E-state index in [0.717, 1.165) is 28.7 Å². The Kier molecular flexibility index (Phi) is 4.06. The normalized spacial score (nSPS) is 15.2. The maximum Gasteiger partial charge on any atom is 0.251 e. The molecule has 0 saturated heterocycles. The van der Waals surface area contributed by atoms with Crippen LogP contribution in [0.1, 0.15) is 31.9 Å². The first-order valence-electron chi connectivity index (χ1n) is 6.93. The summed E-state index contributed by atoms with van der Waals surface area (Å²) in [5.41, 5.74) is 3.81. The van der Waals surface area contributed by atoms with Crippen LogP contribution < -0.4 is 5.32 Å². The largest absolute Gasteiger partial charge is 0.352 e. The topological polar surface area (TPSA) is 29.1 Å². The fourth-order valence-electron chi connectivity index (χ4n) is 2.61. The molecule has 1 heterocycles. The summed E-state index contributed by atoms with van der Waals surface area (Å²) in [6, 6.07) is 12.6. The van der Waals surface area contributed by atoms with Gasteiger partial charge >= 0.3 is 0 Å². The molecule has 0 fully saturated rings. The minimum atomic E-state index is -0.225. The van der Waals surface area contributed by atoms with Crippen LogP contribution >= 0.6 is 15.9 Å². The Balaban J connectivity index is 1.83. The van der Waals surface area contributed by atoms with E-state index in [9.17, 15) is 9.18 Å². The van der Waals surface area contributed by atoms with Crippen molar-refractivity contribution in [3.05, 3.63) is 70.5 Å². The van der Waals surface area contributed by atoms with Gasteiger partial charge in [0.25, 0.3) is 5.91 Å². The lowest BCUT2D eigenvalue weighted by atomic mass is 9.95. The average Bonchev–Trinajstić information content (AvgIpc) is 2.47. The van der Waals surface area contributed by atoms with Crippen LogP contribution in [0.3, 0.4) is 0 Å². The van der Waals surface area contributed by atoms with E-state index < -0.39 is 0 Å². The highest BCUT2D eigenvalue weighted by atomic mass is 79.9. The number of benzene rings is 2. The number of rotatable bonds is 3. The minimum Gasteiger partial charge on any atom is -0.352 e. The van der Waals surface area contributed by atoms with Crippen molar-refractivity contribution in [1.29, 1.82) is 0 Å². The summed E-state index contributed by atoms with van der Waals surface area (Å²) in [5.74, 6) is -0.236. The maximum atomic E-state index is 13.2. The van der Waals surface area contributed by atoms with E-state index in [1.165, 1.54) is 6.07 Å². The van der Waals surface area contributed by atoms with Crippen LogP contribution in [0.4, 0.5) is 4.39 Å². The molecular weight excluding hydrogens is 333 g/mol. The van der Waals surface area contributed by atoms with Gasteiger partial charge < -0.3 is 5.32 Å². The predicted octanol–water partition coefficient (Wildman–Crippen LogP) is 3.79. The Hall–Kier alpha value is -1.68. The van der Waals surface area contributed by atoms with Gasteiger partial charge in [0, 0.05) is 16.9 Å².